The van der Waals surface area contributed by atoms with Gasteiger partial charge in [-0.3, -0.25) is 9.36 Å². The predicted octanol–water partition coefficient (Wildman–Crippen LogP) is 3.19. The summed E-state index contributed by atoms with van der Waals surface area (Å²) in [4.78, 5) is 12.4. The van der Waals surface area contributed by atoms with Crippen molar-refractivity contribution in [2.75, 3.05) is 0 Å². The number of rotatable bonds is 1. The van der Waals surface area contributed by atoms with Gasteiger partial charge in [-0.25, -0.2) is 4.39 Å². The minimum atomic E-state index is -0.832. The number of halogens is 2. The smallest absolute Gasteiger partial charge is 0.263 e. The fourth-order valence-electron chi connectivity index (χ4n) is 2.13. The lowest BCUT2D eigenvalue weighted by Gasteiger charge is -2.10. The molecule has 0 aliphatic rings. The van der Waals surface area contributed by atoms with E-state index in [1.807, 2.05) is 0 Å². The van der Waals surface area contributed by atoms with Crippen LogP contribution in [0.15, 0.2) is 47.4 Å². The summed E-state index contributed by atoms with van der Waals surface area (Å²) in [6.45, 7) is 0. The zero-order valence-electron chi connectivity index (χ0n) is 10.5. The molecule has 0 spiro atoms. The van der Waals surface area contributed by atoms with Crippen molar-refractivity contribution >= 4 is 22.4 Å². The second kappa shape index (κ2) is 4.79. The van der Waals surface area contributed by atoms with Crippen LogP contribution in [0.1, 0.15) is 0 Å². The molecule has 0 fully saturated rings. The van der Waals surface area contributed by atoms with Crippen LogP contribution in [-0.4, -0.2) is 14.8 Å². The van der Waals surface area contributed by atoms with Crippen molar-refractivity contribution in [3.05, 3.63) is 63.8 Å². The van der Waals surface area contributed by atoms with E-state index in [0.29, 0.717) is 10.8 Å². The van der Waals surface area contributed by atoms with Gasteiger partial charge in [0.1, 0.15) is 5.75 Å². The number of nitrogens with zero attached hydrogens (tertiary/aromatic N) is 1. The monoisotopic (exact) mass is 305 g/mol. The molecule has 0 atom stereocenters. The van der Waals surface area contributed by atoms with Crippen molar-refractivity contribution in [2.45, 2.75) is 0 Å². The molecular formula is C15H9ClFNO3. The Kier molecular flexibility index (Phi) is 3.07. The van der Waals surface area contributed by atoms with Gasteiger partial charge < -0.3 is 10.2 Å². The molecule has 21 heavy (non-hydrogen) atoms. The maximum Gasteiger partial charge on any atom is 0.263 e. The summed E-state index contributed by atoms with van der Waals surface area (Å²) in [6.07, 6.45) is 1.34. The Morgan fingerprint density at radius 3 is 2.52 bits per heavy atom. The highest BCUT2D eigenvalue weighted by Crippen LogP contribution is 2.26. The fourth-order valence-corrected chi connectivity index (χ4v) is 2.38. The van der Waals surface area contributed by atoms with Gasteiger partial charge >= 0.3 is 0 Å². The quantitative estimate of drug-likeness (QED) is 0.726. The molecule has 2 N–H and O–H groups in total. The summed E-state index contributed by atoms with van der Waals surface area (Å²) < 4.78 is 14.6. The molecule has 6 heteroatoms. The average molecular weight is 306 g/mol. The third-order valence-electron chi connectivity index (χ3n) is 3.16. The molecule has 0 saturated carbocycles. The van der Waals surface area contributed by atoms with Crippen molar-refractivity contribution in [1.82, 2.24) is 4.57 Å². The second-order valence-corrected chi connectivity index (χ2v) is 4.92. The van der Waals surface area contributed by atoms with Crippen molar-refractivity contribution in [3.63, 3.8) is 0 Å². The van der Waals surface area contributed by atoms with Crippen molar-refractivity contribution in [3.8, 4) is 17.2 Å². The lowest BCUT2D eigenvalue weighted by molar-refractivity contribution is 0.432. The van der Waals surface area contributed by atoms with Crippen LogP contribution in [0, 0.1) is 5.82 Å². The Morgan fingerprint density at radius 2 is 1.81 bits per heavy atom. The number of phenolic OH excluding ortho intramolecular Hbond substituents is 2. The zero-order chi connectivity index (χ0) is 15.1. The van der Waals surface area contributed by atoms with Crippen LogP contribution < -0.4 is 5.56 Å². The first-order chi connectivity index (χ1) is 9.97. The minimum absolute atomic E-state index is 0.00257. The van der Waals surface area contributed by atoms with Crippen LogP contribution in [-0.2, 0) is 0 Å². The van der Waals surface area contributed by atoms with E-state index >= 15 is 0 Å². The van der Waals surface area contributed by atoms with Gasteiger partial charge in [-0.1, -0.05) is 11.6 Å². The summed E-state index contributed by atoms with van der Waals surface area (Å²) in [5.74, 6) is -1.33. The summed E-state index contributed by atoms with van der Waals surface area (Å²) in [5.41, 5.74) is -0.160. The Balaban J connectivity index is 2.34. The van der Waals surface area contributed by atoms with E-state index in [9.17, 15) is 19.4 Å². The Labute approximate surface area is 123 Å². The van der Waals surface area contributed by atoms with Gasteiger partial charge in [-0.2, -0.15) is 0 Å². The first-order valence-corrected chi connectivity index (χ1v) is 6.38. The standard InChI is InChI=1S/C15H9ClFNO3/c16-12-7-18(8-1-4-14(20)13(17)5-8)15(21)10-3-2-9(19)6-11(10)12/h1-7,19-20H. The lowest BCUT2D eigenvalue weighted by Crippen LogP contribution is -2.18. The van der Waals surface area contributed by atoms with E-state index in [1.165, 1.54) is 35.0 Å². The molecular weight excluding hydrogens is 297 g/mol. The van der Waals surface area contributed by atoms with E-state index in [-0.39, 0.29) is 16.5 Å². The lowest BCUT2D eigenvalue weighted by atomic mass is 10.1. The van der Waals surface area contributed by atoms with E-state index in [2.05, 4.69) is 0 Å². The predicted molar refractivity (Wildman–Crippen MR) is 77.8 cm³/mol. The van der Waals surface area contributed by atoms with Gasteiger partial charge in [0.25, 0.3) is 5.56 Å². The van der Waals surface area contributed by atoms with Gasteiger partial charge in [0.05, 0.1) is 10.7 Å². The maximum absolute atomic E-state index is 13.4. The number of hydrogen-bond acceptors (Lipinski definition) is 3. The van der Waals surface area contributed by atoms with E-state index in [4.69, 9.17) is 11.6 Å². The Morgan fingerprint density at radius 1 is 1.05 bits per heavy atom. The molecule has 0 unspecified atom stereocenters. The number of hydrogen-bond donors (Lipinski definition) is 2. The first-order valence-electron chi connectivity index (χ1n) is 6.00. The van der Waals surface area contributed by atoms with Crippen LogP contribution in [0.25, 0.3) is 16.5 Å². The molecule has 0 amide bonds. The summed E-state index contributed by atoms with van der Waals surface area (Å²) >= 11 is 6.11. The molecule has 0 aliphatic heterocycles. The molecule has 0 radical (unpaired) electrons. The van der Waals surface area contributed by atoms with Crippen LogP contribution in [0.3, 0.4) is 0 Å². The molecule has 0 bridgehead atoms. The zero-order valence-corrected chi connectivity index (χ0v) is 11.3. The highest BCUT2D eigenvalue weighted by atomic mass is 35.5. The Bertz CT molecular complexity index is 921. The molecule has 4 nitrogen and oxygen atoms in total. The molecule has 3 rings (SSSR count). The van der Waals surface area contributed by atoms with Crippen molar-refractivity contribution in [2.24, 2.45) is 0 Å². The molecule has 3 aromatic rings. The SMILES string of the molecule is O=c1c2ccc(O)cc2c(Cl)cn1-c1ccc(O)c(F)c1. The molecule has 0 aliphatic carbocycles. The number of pyridine rings is 1. The number of aromatic nitrogens is 1. The third kappa shape index (κ3) is 2.21. The highest BCUT2D eigenvalue weighted by Gasteiger charge is 2.11. The molecule has 106 valence electrons. The molecule has 0 saturated heterocycles. The summed E-state index contributed by atoms with van der Waals surface area (Å²) in [6, 6.07) is 7.82. The van der Waals surface area contributed by atoms with Gasteiger partial charge in [-0.15, -0.1) is 0 Å². The summed E-state index contributed by atoms with van der Waals surface area (Å²) in [7, 11) is 0. The number of aromatic hydroxyl groups is 2. The first kappa shape index (κ1) is 13.5. The number of fused-ring (bicyclic) bond motifs is 1. The van der Waals surface area contributed by atoms with Gasteiger partial charge in [0.15, 0.2) is 11.6 Å². The van der Waals surface area contributed by atoms with E-state index < -0.39 is 17.1 Å². The minimum Gasteiger partial charge on any atom is -0.508 e. The van der Waals surface area contributed by atoms with Gasteiger partial charge in [0.2, 0.25) is 0 Å². The number of phenols is 2. The fraction of sp³-hybridized carbons (Fsp3) is 0. The molecule has 1 heterocycles. The highest BCUT2D eigenvalue weighted by molar-refractivity contribution is 6.35. The molecule has 2 aromatic carbocycles. The van der Waals surface area contributed by atoms with E-state index in [1.54, 1.807) is 0 Å². The second-order valence-electron chi connectivity index (χ2n) is 4.52. The topological polar surface area (TPSA) is 62.5 Å². The van der Waals surface area contributed by atoms with E-state index in [0.717, 1.165) is 12.1 Å². The average Bonchev–Trinajstić information content (AvgIpc) is 2.46. The summed E-state index contributed by atoms with van der Waals surface area (Å²) in [5, 5.41) is 19.6. The molecule has 1 aromatic heterocycles. The third-order valence-corrected chi connectivity index (χ3v) is 3.46. The maximum atomic E-state index is 13.4. The van der Waals surface area contributed by atoms with Crippen LogP contribution in [0.5, 0.6) is 11.5 Å². The van der Waals surface area contributed by atoms with Gasteiger partial charge in [0, 0.05) is 23.0 Å². The van der Waals surface area contributed by atoms with Gasteiger partial charge in [-0.05, 0) is 30.3 Å². The van der Waals surface area contributed by atoms with Crippen molar-refractivity contribution < 1.29 is 14.6 Å². The van der Waals surface area contributed by atoms with Crippen LogP contribution >= 0.6 is 11.6 Å². The van der Waals surface area contributed by atoms with Crippen LogP contribution in [0.2, 0.25) is 5.02 Å². The Hall–Kier alpha value is -2.53. The van der Waals surface area contributed by atoms with Crippen molar-refractivity contribution in [1.29, 1.82) is 0 Å². The largest absolute Gasteiger partial charge is 0.508 e. The van der Waals surface area contributed by atoms with Crippen LogP contribution in [0.4, 0.5) is 4.39 Å². The normalized spacial score (nSPS) is 11.0. The number of benzene rings is 2.